The lowest BCUT2D eigenvalue weighted by Crippen LogP contribution is -2.25. The average Bonchev–Trinajstić information content (AvgIpc) is 2.52. The number of nitrogens with zero attached hydrogens (tertiary/aromatic N) is 1. The number of carbonyl (C=O) groups excluding carboxylic acids is 1. The Kier molecular flexibility index (Phi) is 4.55. The van der Waals surface area contributed by atoms with Gasteiger partial charge in [0.25, 0.3) is 11.5 Å². The second kappa shape index (κ2) is 6.56. The van der Waals surface area contributed by atoms with E-state index in [1.165, 1.54) is 12.1 Å². The van der Waals surface area contributed by atoms with E-state index in [4.69, 9.17) is 9.47 Å². The molecule has 0 saturated carbocycles. The molecule has 0 radical (unpaired) electrons. The summed E-state index contributed by atoms with van der Waals surface area (Å²) in [5.41, 5.74) is 0.548. The molecule has 2 rings (SSSR count). The van der Waals surface area contributed by atoms with E-state index in [-0.39, 0.29) is 17.8 Å². The summed E-state index contributed by atoms with van der Waals surface area (Å²) in [6, 6.07) is 7.91. The van der Waals surface area contributed by atoms with Gasteiger partial charge in [0.05, 0.1) is 14.2 Å². The van der Waals surface area contributed by atoms with Crippen molar-refractivity contribution >= 4 is 5.91 Å². The molecule has 2 aromatic rings. The average molecular weight is 289 g/mol. The van der Waals surface area contributed by atoms with E-state index in [1.54, 1.807) is 32.4 Å². The van der Waals surface area contributed by atoms with Crippen LogP contribution in [0.15, 0.2) is 35.1 Å². The van der Waals surface area contributed by atoms with E-state index in [1.807, 2.05) is 0 Å². The quantitative estimate of drug-likeness (QED) is 0.846. The van der Waals surface area contributed by atoms with Crippen molar-refractivity contribution in [1.29, 1.82) is 0 Å². The van der Waals surface area contributed by atoms with Gasteiger partial charge in [-0.3, -0.25) is 9.59 Å². The highest BCUT2D eigenvalue weighted by atomic mass is 16.5. The second-order valence-corrected chi connectivity index (χ2v) is 4.17. The number of aromatic amines is 1. The molecular weight excluding hydrogens is 274 g/mol. The van der Waals surface area contributed by atoms with E-state index < -0.39 is 5.91 Å². The first kappa shape index (κ1) is 14.6. The predicted octanol–water partition coefficient (Wildman–Crippen LogP) is 0.717. The predicted molar refractivity (Wildman–Crippen MR) is 75.6 cm³/mol. The van der Waals surface area contributed by atoms with Crippen molar-refractivity contribution in [1.82, 2.24) is 15.5 Å². The lowest BCUT2D eigenvalue weighted by Gasteiger charge is -2.11. The van der Waals surface area contributed by atoms with Crippen molar-refractivity contribution in [2.24, 2.45) is 0 Å². The molecule has 0 aliphatic rings. The van der Waals surface area contributed by atoms with Gasteiger partial charge in [-0.2, -0.15) is 5.10 Å². The second-order valence-electron chi connectivity index (χ2n) is 4.17. The van der Waals surface area contributed by atoms with E-state index in [2.05, 4.69) is 15.5 Å². The first-order chi connectivity index (χ1) is 10.1. The van der Waals surface area contributed by atoms with Crippen LogP contribution in [0.3, 0.4) is 0 Å². The standard InChI is InChI=1S/C14H15N3O4/c1-20-10-3-5-12(21-2)9(7-10)8-15-14(19)11-4-6-13(18)17-16-11/h3-7H,8H2,1-2H3,(H,15,19)(H,17,18). The van der Waals surface area contributed by atoms with Gasteiger partial charge < -0.3 is 14.8 Å². The van der Waals surface area contributed by atoms with E-state index >= 15 is 0 Å². The van der Waals surface area contributed by atoms with Crippen molar-refractivity contribution in [3.63, 3.8) is 0 Å². The third kappa shape index (κ3) is 3.59. The van der Waals surface area contributed by atoms with Crippen LogP contribution in [0.25, 0.3) is 0 Å². The molecule has 0 fully saturated rings. The molecule has 0 bridgehead atoms. The van der Waals surface area contributed by atoms with Gasteiger partial charge >= 0.3 is 0 Å². The first-order valence-electron chi connectivity index (χ1n) is 6.19. The lowest BCUT2D eigenvalue weighted by atomic mass is 10.2. The molecule has 110 valence electrons. The zero-order valence-corrected chi connectivity index (χ0v) is 11.7. The highest BCUT2D eigenvalue weighted by Gasteiger charge is 2.10. The minimum Gasteiger partial charge on any atom is -0.497 e. The highest BCUT2D eigenvalue weighted by molar-refractivity contribution is 5.91. The van der Waals surface area contributed by atoms with Gasteiger partial charge in [-0.25, -0.2) is 5.10 Å². The lowest BCUT2D eigenvalue weighted by molar-refractivity contribution is 0.0944. The molecule has 2 N–H and O–H groups in total. The van der Waals surface area contributed by atoms with Gasteiger partial charge in [0, 0.05) is 18.2 Å². The number of H-pyrrole nitrogens is 1. The number of ether oxygens (including phenoxy) is 2. The van der Waals surface area contributed by atoms with Gasteiger partial charge in [0.2, 0.25) is 0 Å². The molecule has 0 aliphatic carbocycles. The summed E-state index contributed by atoms with van der Waals surface area (Å²) in [6.07, 6.45) is 0. The summed E-state index contributed by atoms with van der Waals surface area (Å²) < 4.78 is 10.4. The number of benzene rings is 1. The summed E-state index contributed by atoms with van der Waals surface area (Å²) in [5, 5.41) is 8.57. The largest absolute Gasteiger partial charge is 0.497 e. The number of hydrogen-bond acceptors (Lipinski definition) is 5. The molecule has 7 nitrogen and oxygen atoms in total. The molecule has 1 aromatic heterocycles. The summed E-state index contributed by atoms with van der Waals surface area (Å²) in [5.74, 6) is 0.920. The minimum absolute atomic E-state index is 0.136. The van der Waals surface area contributed by atoms with Crippen LogP contribution in [0.5, 0.6) is 11.5 Å². The molecule has 0 atom stereocenters. The van der Waals surface area contributed by atoms with Crippen LogP contribution in [0.1, 0.15) is 16.1 Å². The van der Waals surface area contributed by atoms with E-state index in [0.29, 0.717) is 11.5 Å². The number of methoxy groups -OCH3 is 2. The van der Waals surface area contributed by atoms with E-state index in [9.17, 15) is 9.59 Å². The Morgan fingerprint density at radius 2 is 2.05 bits per heavy atom. The monoisotopic (exact) mass is 289 g/mol. The third-order valence-electron chi connectivity index (χ3n) is 2.84. The number of nitrogens with one attached hydrogen (secondary N) is 2. The summed E-state index contributed by atoms with van der Waals surface area (Å²) in [7, 11) is 3.12. The number of rotatable bonds is 5. The van der Waals surface area contributed by atoms with Crippen molar-refractivity contribution in [2.45, 2.75) is 6.54 Å². The number of amides is 1. The zero-order valence-electron chi connectivity index (χ0n) is 11.7. The molecule has 1 heterocycles. The Morgan fingerprint density at radius 3 is 2.67 bits per heavy atom. The third-order valence-corrected chi connectivity index (χ3v) is 2.84. The highest BCUT2D eigenvalue weighted by Crippen LogP contribution is 2.23. The summed E-state index contributed by atoms with van der Waals surface area (Å²) in [4.78, 5) is 22.8. The molecule has 0 unspecified atom stereocenters. The molecular formula is C14H15N3O4. The fourth-order valence-corrected chi connectivity index (χ4v) is 1.76. The summed E-state index contributed by atoms with van der Waals surface area (Å²) in [6.45, 7) is 0.250. The van der Waals surface area contributed by atoms with Crippen LogP contribution in [0.2, 0.25) is 0 Å². The smallest absolute Gasteiger partial charge is 0.271 e. The van der Waals surface area contributed by atoms with Crippen LogP contribution in [0, 0.1) is 0 Å². The summed E-state index contributed by atoms with van der Waals surface area (Å²) >= 11 is 0. The first-order valence-corrected chi connectivity index (χ1v) is 6.19. The fraction of sp³-hybridized carbons (Fsp3) is 0.214. The van der Waals surface area contributed by atoms with Crippen molar-refractivity contribution in [2.75, 3.05) is 14.2 Å². The van der Waals surface area contributed by atoms with Crippen molar-refractivity contribution < 1.29 is 14.3 Å². The Hall–Kier alpha value is -2.83. The Labute approximate surface area is 120 Å². The number of hydrogen-bond donors (Lipinski definition) is 2. The van der Waals surface area contributed by atoms with Crippen molar-refractivity contribution in [3.8, 4) is 11.5 Å². The van der Waals surface area contributed by atoms with Crippen LogP contribution in [0.4, 0.5) is 0 Å². The molecule has 0 saturated heterocycles. The van der Waals surface area contributed by atoms with Gasteiger partial charge in [-0.05, 0) is 24.3 Å². The fourth-order valence-electron chi connectivity index (χ4n) is 1.76. The van der Waals surface area contributed by atoms with Crippen LogP contribution in [-0.2, 0) is 6.54 Å². The number of aromatic nitrogens is 2. The van der Waals surface area contributed by atoms with Crippen molar-refractivity contribution in [3.05, 3.63) is 51.9 Å². The van der Waals surface area contributed by atoms with Gasteiger partial charge in [-0.15, -0.1) is 0 Å². The normalized spacial score (nSPS) is 10.0. The van der Waals surface area contributed by atoms with Crippen LogP contribution in [-0.4, -0.2) is 30.3 Å². The molecule has 21 heavy (non-hydrogen) atoms. The Bertz CT molecular complexity index is 676. The molecule has 0 spiro atoms. The zero-order chi connectivity index (χ0) is 15.2. The Morgan fingerprint density at radius 1 is 1.24 bits per heavy atom. The SMILES string of the molecule is COc1ccc(OC)c(CNC(=O)c2ccc(=O)[nH]n2)c1. The topological polar surface area (TPSA) is 93.3 Å². The number of carbonyl (C=O) groups is 1. The van der Waals surface area contributed by atoms with Crippen LogP contribution >= 0.6 is 0 Å². The van der Waals surface area contributed by atoms with Gasteiger partial charge in [0.15, 0.2) is 0 Å². The molecule has 1 aromatic carbocycles. The van der Waals surface area contributed by atoms with Crippen LogP contribution < -0.4 is 20.3 Å². The Balaban J connectivity index is 2.10. The minimum atomic E-state index is -0.392. The van der Waals surface area contributed by atoms with Gasteiger partial charge in [-0.1, -0.05) is 0 Å². The maximum Gasteiger partial charge on any atom is 0.271 e. The maximum absolute atomic E-state index is 11.9. The molecule has 0 aliphatic heterocycles. The molecule has 7 heteroatoms. The maximum atomic E-state index is 11.9. The van der Waals surface area contributed by atoms with E-state index in [0.717, 1.165) is 5.56 Å². The van der Waals surface area contributed by atoms with Gasteiger partial charge in [0.1, 0.15) is 17.2 Å². The molecule has 1 amide bonds.